The zero-order chi connectivity index (χ0) is 12.3. The second-order valence-electron chi connectivity index (χ2n) is 3.81. The summed E-state index contributed by atoms with van der Waals surface area (Å²) in [5, 5.41) is 9.60. The molecule has 0 bridgehead atoms. The molecule has 0 aliphatic rings. The fourth-order valence-electron chi connectivity index (χ4n) is 1.39. The first-order valence-corrected chi connectivity index (χ1v) is 4.87. The second-order valence-corrected chi connectivity index (χ2v) is 3.81. The first-order chi connectivity index (χ1) is 7.30. The van der Waals surface area contributed by atoms with E-state index in [4.69, 9.17) is 5.73 Å². The van der Waals surface area contributed by atoms with E-state index in [1.54, 1.807) is 31.2 Å². The average Bonchev–Trinajstić information content (AvgIpc) is 2.16. The van der Waals surface area contributed by atoms with Gasteiger partial charge in [0.2, 0.25) is 0 Å². The van der Waals surface area contributed by atoms with Gasteiger partial charge >= 0.3 is 6.18 Å². The van der Waals surface area contributed by atoms with Crippen molar-refractivity contribution in [1.29, 1.82) is 0 Å². The molecule has 0 heterocycles. The molecule has 0 aliphatic carbocycles. The number of benzene rings is 1. The molecule has 2 nitrogen and oxygen atoms in total. The van der Waals surface area contributed by atoms with Crippen molar-refractivity contribution in [3.63, 3.8) is 0 Å². The summed E-state index contributed by atoms with van der Waals surface area (Å²) in [6.45, 7) is 1.81. The summed E-state index contributed by atoms with van der Waals surface area (Å²) in [6.07, 6.45) is -6.17. The van der Waals surface area contributed by atoms with Gasteiger partial charge in [0.05, 0.1) is 6.10 Å². The Kier molecular flexibility index (Phi) is 5.95. The van der Waals surface area contributed by atoms with Crippen LogP contribution in [-0.4, -0.2) is 17.3 Å². The molecule has 2 atom stereocenters. The maximum atomic E-state index is 12.2. The van der Waals surface area contributed by atoms with Crippen LogP contribution in [0.15, 0.2) is 24.3 Å². The number of halogens is 4. The van der Waals surface area contributed by atoms with Gasteiger partial charge in [-0.05, 0) is 12.5 Å². The summed E-state index contributed by atoms with van der Waals surface area (Å²) < 4.78 is 36.5. The van der Waals surface area contributed by atoms with Crippen LogP contribution in [0.1, 0.15) is 23.7 Å². The standard InChI is InChI=1S/C11H14F3NO.ClH/c1-7-3-2-4-8(5-7)9(16)6-10(15)11(12,13)14;/h2-5,9-10,16H,6,15H2,1H3;1H/t9-,10-;/m0./s1. The number of alkyl halides is 3. The third kappa shape index (κ3) is 4.93. The molecule has 0 fully saturated rings. The molecule has 0 saturated heterocycles. The van der Waals surface area contributed by atoms with Gasteiger partial charge in [0.1, 0.15) is 6.04 Å². The number of aliphatic hydroxyl groups is 1. The van der Waals surface area contributed by atoms with Crippen molar-refractivity contribution in [2.75, 3.05) is 0 Å². The van der Waals surface area contributed by atoms with Gasteiger partial charge in [-0.25, -0.2) is 0 Å². The van der Waals surface area contributed by atoms with Gasteiger partial charge in [-0.15, -0.1) is 12.4 Å². The highest BCUT2D eigenvalue weighted by Crippen LogP contribution is 2.26. The lowest BCUT2D eigenvalue weighted by atomic mass is 10.0. The van der Waals surface area contributed by atoms with Crippen molar-refractivity contribution in [2.24, 2.45) is 5.73 Å². The normalized spacial score (nSPS) is 14.9. The van der Waals surface area contributed by atoms with Gasteiger partial charge in [-0.3, -0.25) is 0 Å². The van der Waals surface area contributed by atoms with Crippen LogP contribution in [0.4, 0.5) is 13.2 Å². The van der Waals surface area contributed by atoms with E-state index in [9.17, 15) is 18.3 Å². The zero-order valence-corrected chi connectivity index (χ0v) is 10.1. The van der Waals surface area contributed by atoms with Gasteiger partial charge in [0.15, 0.2) is 0 Å². The molecular formula is C11H15ClF3NO. The summed E-state index contributed by atoms with van der Waals surface area (Å²) in [4.78, 5) is 0. The van der Waals surface area contributed by atoms with Crippen LogP contribution in [0.25, 0.3) is 0 Å². The number of aryl methyl sites for hydroxylation is 1. The summed E-state index contributed by atoms with van der Waals surface area (Å²) >= 11 is 0. The van der Waals surface area contributed by atoms with E-state index in [1.165, 1.54) is 0 Å². The molecule has 0 amide bonds. The number of hydrogen-bond acceptors (Lipinski definition) is 2. The number of aliphatic hydroxyl groups excluding tert-OH is 1. The van der Waals surface area contributed by atoms with Gasteiger partial charge in [-0.1, -0.05) is 29.8 Å². The van der Waals surface area contributed by atoms with Gasteiger partial charge < -0.3 is 10.8 Å². The summed E-state index contributed by atoms with van der Waals surface area (Å²) in [7, 11) is 0. The van der Waals surface area contributed by atoms with Crippen LogP contribution < -0.4 is 5.73 Å². The Morgan fingerprint density at radius 3 is 2.41 bits per heavy atom. The highest BCUT2D eigenvalue weighted by molar-refractivity contribution is 5.85. The fraction of sp³-hybridized carbons (Fsp3) is 0.455. The average molecular weight is 270 g/mol. The molecule has 3 N–H and O–H groups in total. The fourth-order valence-corrected chi connectivity index (χ4v) is 1.39. The highest BCUT2D eigenvalue weighted by atomic mass is 35.5. The Hall–Kier alpha value is -0.780. The Morgan fingerprint density at radius 1 is 1.35 bits per heavy atom. The molecule has 0 aliphatic heterocycles. The minimum atomic E-state index is -4.47. The zero-order valence-electron chi connectivity index (χ0n) is 9.24. The van der Waals surface area contributed by atoms with Gasteiger partial charge in [-0.2, -0.15) is 13.2 Å². The van der Waals surface area contributed by atoms with Crippen molar-refractivity contribution in [1.82, 2.24) is 0 Å². The summed E-state index contributed by atoms with van der Waals surface area (Å²) in [6, 6.07) is 4.73. The highest BCUT2D eigenvalue weighted by Gasteiger charge is 2.37. The third-order valence-electron chi connectivity index (χ3n) is 2.32. The van der Waals surface area contributed by atoms with E-state index in [0.29, 0.717) is 5.56 Å². The SMILES string of the molecule is Cc1cccc([C@@H](O)C[C@H](N)C(F)(F)F)c1.Cl. The van der Waals surface area contributed by atoms with Crippen molar-refractivity contribution in [3.8, 4) is 0 Å². The number of nitrogens with two attached hydrogens (primary N) is 1. The van der Waals surface area contributed by atoms with Crippen LogP contribution in [0.2, 0.25) is 0 Å². The minimum Gasteiger partial charge on any atom is -0.388 e. The maximum absolute atomic E-state index is 12.2. The third-order valence-corrected chi connectivity index (χ3v) is 2.32. The molecule has 17 heavy (non-hydrogen) atoms. The molecule has 0 radical (unpaired) electrons. The van der Waals surface area contributed by atoms with E-state index < -0.39 is 24.7 Å². The molecule has 6 heteroatoms. The van der Waals surface area contributed by atoms with Crippen molar-refractivity contribution in [2.45, 2.75) is 31.7 Å². The number of hydrogen-bond donors (Lipinski definition) is 2. The smallest absolute Gasteiger partial charge is 0.388 e. The molecule has 0 spiro atoms. The lowest BCUT2D eigenvalue weighted by Crippen LogP contribution is -2.38. The first-order valence-electron chi connectivity index (χ1n) is 4.87. The Balaban J connectivity index is 0.00000256. The van der Waals surface area contributed by atoms with E-state index in [2.05, 4.69) is 0 Å². The largest absolute Gasteiger partial charge is 0.403 e. The van der Waals surface area contributed by atoms with E-state index in [0.717, 1.165) is 5.56 Å². The lowest BCUT2D eigenvalue weighted by Gasteiger charge is -2.19. The second kappa shape index (κ2) is 6.23. The molecule has 1 aromatic carbocycles. The number of rotatable bonds is 3. The maximum Gasteiger partial charge on any atom is 0.403 e. The molecule has 1 aromatic rings. The molecule has 0 unspecified atom stereocenters. The molecule has 0 aromatic heterocycles. The monoisotopic (exact) mass is 269 g/mol. The molecule has 1 rings (SSSR count). The predicted molar refractivity (Wildman–Crippen MR) is 62.0 cm³/mol. The van der Waals surface area contributed by atoms with Gasteiger partial charge in [0.25, 0.3) is 0 Å². The molecular weight excluding hydrogens is 255 g/mol. The Morgan fingerprint density at radius 2 is 1.94 bits per heavy atom. The summed E-state index contributed by atoms with van der Waals surface area (Å²) in [5.74, 6) is 0. The minimum absolute atomic E-state index is 0. The topological polar surface area (TPSA) is 46.2 Å². The quantitative estimate of drug-likeness (QED) is 0.886. The molecule has 0 saturated carbocycles. The van der Waals surface area contributed by atoms with Crippen molar-refractivity contribution < 1.29 is 18.3 Å². The van der Waals surface area contributed by atoms with Crippen LogP contribution in [0.3, 0.4) is 0 Å². The van der Waals surface area contributed by atoms with Crippen LogP contribution in [-0.2, 0) is 0 Å². The summed E-state index contributed by atoms with van der Waals surface area (Å²) in [5.41, 5.74) is 6.29. The first kappa shape index (κ1) is 16.2. The van der Waals surface area contributed by atoms with Crippen LogP contribution in [0, 0.1) is 6.92 Å². The van der Waals surface area contributed by atoms with Gasteiger partial charge in [0, 0.05) is 6.42 Å². The van der Waals surface area contributed by atoms with E-state index in [-0.39, 0.29) is 12.4 Å². The van der Waals surface area contributed by atoms with Crippen LogP contribution >= 0.6 is 12.4 Å². The Bertz CT molecular complexity index is 357. The van der Waals surface area contributed by atoms with E-state index in [1.807, 2.05) is 0 Å². The molecule has 98 valence electrons. The predicted octanol–water partition coefficient (Wildman–Crippen LogP) is 2.73. The van der Waals surface area contributed by atoms with E-state index >= 15 is 0 Å². The van der Waals surface area contributed by atoms with Crippen molar-refractivity contribution >= 4 is 12.4 Å². The van der Waals surface area contributed by atoms with Crippen LogP contribution in [0.5, 0.6) is 0 Å². The Labute approximate surface area is 104 Å². The van der Waals surface area contributed by atoms with Crippen molar-refractivity contribution in [3.05, 3.63) is 35.4 Å². The lowest BCUT2D eigenvalue weighted by molar-refractivity contribution is -0.153.